The summed E-state index contributed by atoms with van der Waals surface area (Å²) in [7, 11) is 0. The van der Waals surface area contributed by atoms with Gasteiger partial charge in [-0.25, -0.2) is 9.67 Å². The average Bonchev–Trinajstić information content (AvgIpc) is 2.91. The number of fused-ring (bicyclic) bond motifs is 1. The number of hydrogen-bond donors (Lipinski definition) is 0. The van der Waals surface area contributed by atoms with Gasteiger partial charge in [0.1, 0.15) is 0 Å². The summed E-state index contributed by atoms with van der Waals surface area (Å²) in [4.78, 5) is 15.7. The molecule has 0 spiro atoms. The van der Waals surface area contributed by atoms with Crippen molar-refractivity contribution in [1.82, 2.24) is 14.8 Å². The lowest BCUT2D eigenvalue weighted by Crippen LogP contribution is -2.18. The molecule has 118 valence electrons. The van der Waals surface area contributed by atoms with Crippen LogP contribution in [0, 0.1) is 6.92 Å². The molecule has 1 aromatic carbocycles. The van der Waals surface area contributed by atoms with Gasteiger partial charge >= 0.3 is 6.18 Å². The maximum atomic E-state index is 13.4. The van der Waals surface area contributed by atoms with Gasteiger partial charge < -0.3 is 0 Å². The highest BCUT2D eigenvalue weighted by molar-refractivity contribution is 5.96. The number of alkyl halides is 3. The van der Waals surface area contributed by atoms with E-state index < -0.39 is 23.2 Å². The predicted octanol–water partition coefficient (Wildman–Crippen LogP) is 3.95. The number of ketones is 1. The molecular formula is C16H12F3N3O. The van der Waals surface area contributed by atoms with Gasteiger partial charge in [0.05, 0.1) is 11.8 Å². The number of hydrogen-bond acceptors (Lipinski definition) is 3. The van der Waals surface area contributed by atoms with Crippen LogP contribution < -0.4 is 0 Å². The van der Waals surface area contributed by atoms with E-state index in [0.717, 1.165) is 18.5 Å². The first-order chi connectivity index (χ1) is 10.8. The van der Waals surface area contributed by atoms with Crippen LogP contribution in [0.5, 0.6) is 0 Å². The summed E-state index contributed by atoms with van der Waals surface area (Å²) in [5.41, 5.74) is -1.01. The zero-order valence-electron chi connectivity index (χ0n) is 12.3. The maximum Gasteiger partial charge on any atom is 0.434 e. The number of nitrogens with zero attached hydrogens (tertiary/aromatic N) is 3. The van der Waals surface area contributed by atoms with E-state index in [1.807, 2.05) is 0 Å². The van der Waals surface area contributed by atoms with Crippen LogP contribution in [0.25, 0.3) is 16.6 Å². The van der Waals surface area contributed by atoms with Crippen molar-refractivity contribution in [1.29, 1.82) is 0 Å². The monoisotopic (exact) mass is 319 g/mol. The Morgan fingerprint density at radius 3 is 2.57 bits per heavy atom. The van der Waals surface area contributed by atoms with E-state index in [1.165, 1.54) is 0 Å². The fraction of sp³-hybridized carbons (Fsp3) is 0.188. The van der Waals surface area contributed by atoms with Gasteiger partial charge in [-0.3, -0.25) is 4.79 Å². The van der Waals surface area contributed by atoms with Crippen molar-refractivity contribution < 1.29 is 18.0 Å². The van der Waals surface area contributed by atoms with Crippen LogP contribution >= 0.6 is 0 Å². The summed E-state index contributed by atoms with van der Waals surface area (Å²) in [6.45, 7) is 2.77. The van der Waals surface area contributed by atoms with Gasteiger partial charge in [0.15, 0.2) is 17.3 Å². The highest BCUT2D eigenvalue weighted by atomic mass is 19.4. The number of benzene rings is 1. The van der Waals surface area contributed by atoms with E-state index in [0.29, 0.717) is 15.8 Å². The van der Waals surface area contributed by atoms with Crippen molar-refractivity contribution in [2.75, 3.05) is 0 Å². The summed E-state index contributed by atoms with van der Waals surface area (Å²) in [6.07, 6.45) is -3.78. The Labute approximate surface area is 129 Å². The van der Waals surface area contributed by atoms with Crippen molar-refractivity contribution in [3.8, 4) is 5.82 Å². The van der Waals surface area contributed by atoms with Crippen LogP contribution in [0.1, 0.15) is 28.7 Å². The van der Waals surface area contributed by atoms with E-state index in [-0.39, 0.29) is 5.82 Å². The van der Waals surface area contributed by atoms with Crippen molar-refractivity contribution in [3.63, 3.8) is 0 Å². The van der Waals surface area contributed by atoms with Gasteiger partial charge in [-0.2, -0.15) is 18.3 Å². The molecule has 23 heavy (non-hydrogen) atoms. The standard InChI is InChI=1S/C16H12F3N3O/c1-9-7-11-5-3-4-6-12(11)15(21-9)22-14(16(17,18)19)13(8-20-22)10(2)23/h3-8H,1-2H3. The minimum atomic E-state index is -4.72. The zero-order chi connectivity index (χ0) is 16.8. The quantitative estimate of drug-likeness (QED) is 0.672. The Morgan fingerprint density at radius 2 is 1.91 bits per heavy atom. The lowest BCUT2D eigenvalue weighted by molar-refractivity contribution is -0.143. The van der Waals surface area contributed by atoms with Gasteiger partial charge in [0.25, 0.3) is 0 Å². The number of Topliss-reactive ketones (excluding diaryl/α,β-unsaturated/α-hetero) is 1. The molecule has 7 heteroatoms. The molecule has 2 aromatic heterocycles. The van der Waals surface area contributed by atoms with Crippen molar-refractivity contribution in [2.45, 2.75) is 20.0 Å². The third-order valence-electron chi connectivity index (χ3n) is 3.47. The molecule has 0 aliphatic carbocycles. The molecule has 2 heterocycles. The second kappa shape index (κ2) is 5.19. The number of aromatic nitrogens is 3. The SMILES string of the molecule is CC(=O)c1cnn(-c2nc(C)cc3ccccc23)c1C(F)(F)F. The van der Waals surface area contributed by atoms with Gasteiger partial charge in [0, 0.05) is 11.1 Å². The molecular weight excluding hydrogens is 307 g/mol. The number of pyridine rings is 1. The van der Waals surface area contributed by atoms with Crippen molar-refractivity contribution >= 4 is 16.6 Å². The Hall–Kier alpha value is -2.70. The molecule has 0 atom stereocenters. The normalized spacial score (nSPS) is 11.9. The first kappa shape index (κ1) is 15.2. The molecule has 3 rings (SSSR count). The van der Waals surface area contributed by atoms with Crippen molar-refractivity contribution in [3.05, 3.63) is 53.5 Å². The number of aryl methyl sites for hydroxylation is 1. The smallest absolute Gasteiger partial charge is 0.294 e. The van der Waals surface area contributed by atoms with E-state index in [1.54, 1.807) is 37.3 Å². The van der Waals surface area contributed by atoms with E-state index in [9.17, 15) is 18.0 Å². The molecule has 0 unspecified atom stereocenters. The van der Waals surface area contributed by atoms with E-state index in [4.69, 9.17) is 0 Å². The molecule has 0 radical (unpaired) electrons. The second-order valence-corrected chi connectivity index (χ2v) is 5.18. The van der Waals surface area contributed by atoms with Crippen LogP contribution in [0.4, 0.5) is 13.2 Å². The summed E-state index contributed by atoms with van der Waals surface area (Å²) in [6, 6.07) is 8.75. The Balaban J connectivity index is 2.39. The Morgan fingerprint density at radius 1 is 1.22 bits per heavy atom. The minimum Gasteiger partial charge on any atom is -0.294 e. The lowest BCUT2D eigenvalue weighted by Gasteiger charge is -2.13. The van der Waals surface area contributed by atoms with Gasteiger partial charge in [0.2, 0.25) is 0 Å². The summed E-state index contributed by atoms with van der Waals surface area (Å²) in [5, 5.41) is 5.06. The van der Waals surface area contributed by atoms with Crippen LogP contribution in [0.2, 0.25) is 0 Å². The third kappa shape index (κ3) is 2.58. The fourth-order valence-corrected chi connectivity index (χ4v) is 2.51. The highest BCUT2D eigenvalue weighted by Crippen LogP contribution is 2.35. The molecule has 0 saturated carbocycles. The molecule has 4 nitrogen and oxygen atoms in total. The molecule has 0 aliphatic heterocycles. The van der Waals surface area contributed by atoms with Crippen LogP contribution in [-0.2, 0) is 6.18 Å². The second-order valence-electron chi connectivity index (χ2n) is 5.18. The first-order valence-electron chi connectivity index (χ1n) is 6.82. The first-order valence-corrected chi connectivity index (χ1v) is 6.82. The fourth-order valence-electron chi connectivity index (χ4n) is 2.51. The summed E-state index contributed by atoms with van der Waals surface area (Å²) < 4.78 is 41.0. The summed E-state index contributed by atoms with van der Waals surface area (Å²) in [5.74, 6) is -0.638. The molecule has 0 N–H and O–H groups in total. The predicted molar refractivity (Wildman–Crippen MR) is 78.6 cm³/mol. The van der Waals surface area contributed by atoms with Crippen molar-refractivity contribution in [2.24, 2.45) is 0 Å². The minimum absolute atomic E-state index is 0.0559. The number of halogens is 3. The van der Waals surface area contributed by atoms with E-state index >= 15 is 0 Å². The highest BCUT2D eigenvalue weighted by Gasteiger charge is 2.40. The Bertz CT molecular complexity index is 913. The van der Waals surface area contributed by atoms with Crippen LogP contribution in [0.3, 0.4) is 0 Å². The van der Waals surface area contributed by atoms with Crippen LogP contribution in [0.15, 0.2) is 36.5 Å². The largest absolute Gasteiger partial charge is 0.434 e. The average molecular weight is 319 g/mol. The Kier molecular flexibility index (Phi) is 3.43. The number of carbonyl (C=O) groups excluding carboxylic acids is 1. The molecule has 0 saturated heterocycles. The topological polar surface area (TPSA) is 47.8 Å². The summed E-state index contributed by atoms with van der Waals surface area (Å²) >= 11 is 0. The maximum absolute atomic E-state index is 13.4. The van der Waals surface area contributed by atoms with Crippen LogP contribution in [-0.4, -0.2) is 20.5 Å². The molecule has 0 bridgehead atoms. The lowest BCUT2D eigenvalue weighted by atomic mass is 10.1. The molecule has 0 amide bonds. The third-order valence-corrected chi connectivity index (χ3v) is 3.47. The molecule has 0 fully saturated rings. The van der Waals surface area contributed by atoms with Gasteiger partial charge in [-0.1, -0.05) is 24.3 Å². The molecule has 0 aliphatic rings. The van der Waals surface area contributed by atoms with Gasteiger partial charge in [-0.15, -0.1) is 0 Å². The molecule has 3 aromatic rings. The van der Waals surface area contributed by atoms with Gasteiger partial charge in [-0.05, 0) is 25.3 Å². The number of rotatable bonds is 2. The number of carbonyl (C=O) groups is 1. The van der Waals surface area contributed by atoms with E-state index in [2.05, 4.69) is 10.1 Å². The zero-order valence-corrected chi connectivity index (χ0v) is 12.3.